The third kappa shape index (κ3) is 3.16. The van der Waals surface area contributed by atoms with Gasteiger partial charge in [0.2, 0.25) is 5.91 Å². The molecule has 0 spiro atoms. The fraction of sp³-hybridized carbons (Fsp3) is 0.158. The molecule has 0 aliphatic rings. The Bertz CT molecular complexity index is 893. The van der Waals surface area contributed by atoms with E-state index in [4.69, 9.17) is 0 Å². The zero-order valence-corrected chi connectivity index (χ0v) is 13.2. The number of para-hydroxylation sites is 1. The summed E-state index contributed by atoms with van der Waals surface area (Å²) in [6.07, 6.45) is 2.28. The molecule has 0 bridgehead atoms. The highest BCUT2D eigenvalue weighted by Gasteiger charge is 2.11. The molecule has 4 heteroatoms. The minimum Gasteiger partial charge on any atom is -0.350 e. The number of aryl methyl sites for hydroxylation is 1. The van der Waals surface area contributed by atoms with Crippen molar-refractivity contribution >= 4 is 28.3 Å². The van der Waals surface area contributed by atoms with E-state index in [1.54, 1.807) is 24.3 Å². The Morgan fingerprint density at radius 3 is 2.65 bits per heavy atom. The summed E-state index contributed by atoms with van der Waals surface area (Å²) in [5, 5.41) is 3.94. The maximum absolute atomic E-state index is 12.3. The first-order valence-electron chi connectivity index (χ1n) is 7.48. The molecule has 23 heavy (non-hydrogen) atoms. The van der Waals surface area contributed by atoms with Crippen molar-refractivity contribution in [3.8, 4) is 0 Å². The third-order valence-electron chi connectivity index (χ3n) is 3.88. The SMILES string of the molecule is CC(=O)c1cccc(NC(=O)Cc2cn(C)c3ccccc23)c1. The molecule has 0 aliphatic carbocycles. The highest BCUT2D eigenvalue weighted by atomic mass is 16.1. The topological polar surface area (TPSA) is 51.1 Å². The summed E-state index contributed by atoms with van der Waals surface area (Å²) in [6, 6.07) is 15.0. The summed E-state index contributed by atoms with van der Waals surface area (Å²) in [4.78, 5) is 23.7. The van der Waals surface area contributed by atoms with Crippen LogP contribution >= 0.6 is 0 Å². The van der Waals surface area contributed by atoms with Crippen LogP contribution in [0, 0.1) is 0 Å². The average molecular weight is 306 g/mol. The number of rotatable bonds is 4. The maximum atomic E-state index is 12.3. The van der Waals surface area contributed by atoms with Crippen LogP contribution in [0.3, 0.4) is 0 Å². The Kier molecular flexibility index (Phi) is 3.98. The van der Waals surface area contributed by atoms with E-state index in [0.717, 1.165) is 16.5 Å². The van der Waals surface area contributed by atoms with E-state index in [1.807, 2.05) is 42.1 Å². The summed E-state index contributed by atoms with van der Waals surface area (Å²) < 4.78 is 2.02. The van der Waals surface area contributed by atoms with E-state index in [0.29, 0.717) is 17.7 Å². The molecule has 1 heterocycles. The zero-order valence-electron chi connectivity index (χ0n) is 13.2. The molecule has 116 valence electrons. The van der Waals surface area contributed by atoms with E-state index in [-0.39, 0.29) is 11.7 Å². The first-order chi connectivity index (χ1) is 11.0. The molecule has 1 N–H and O–H groups in total. The van der Waals surface area contributed by atoms with Gasteiger partial charge >= 0.3 is 0 Å². The van der Waals surface area contributed by atoms with Crippen molar-refractivity contribution in [3.05, 3.63) is 65.9 Å². The number of hydrogen-bond acceptors (Lipinski definition) is 2. The lowest BCUT2D eigenvalue weighted by molar-refractivity contribution is -0.115. The largest absolute Gasteiger partial charge is 0.350 e. The van der Waals surface area contributed by atoms with E-state index in [9.17, 15) is 9.59 Å². The van der Waals surface area contributed by atoms with Crippen LogP contribution in [0.25, 0.3) is 10.9 Å². The first kappa shape index (κ1) is 15.0. The fourth-order valence-electron chi connectivity index (χ4n) is 2.76. The second kappa shape index (κ2) is 6.08. The normalized spacial score (nSPS) is 10.7. The highest BCUT2D eigenvalue weighted by molar-refractivity contribution is 5.98. The van der Waals surface area contributed by atoms with Gasteiger partial charge in [0.05, 0.1) is 6.42 Å². The molecule has 4 nitrogen and oxygen atoms in total. The summed E-state index contributed by atoms with van der Waals surface area (Å²) >= 11 is 0. The summed E-state index contributed by atoms with van der Waals surface area (Å²) in [6.45, 7) is 1.51. The molecule has 0 fully saturated rings. The Morgan fingerprint density at radius 1 is 1.09 bits per heavy atom. The number of Topliss-reactive ketones (excluding diaryl/α,β-unsaturated/α-hetero) is 1. The highest BCUT2D eigenvalue weighted by Crippen LogP contribution is 2.21. The lowest BCUT2D eigenvalue weighted by Crippen LogP contribution is -2.14. The Hall–Kier alpha value is -2.88. The van der Waals surface area contributed by atoms with Crippen LogP contribution in [0.15, 0.2) is 54.7 Å². The standard InChI is InChI=1S/C19H18N2O2/c1-13(22)14-6-5-7-16(10-14)20-19(23)11-15-12-21(2)18-9-4-3-8-17(15)18/h3-10,12H,11H2,1-2H3,(H,20,23). The molecule has 0 unspecified atom stereocenters. The van der Waals surface area contributed by atoms with E-state index in [1.165, 1.54) is 6.92 Å². The summed E-state index contributed by atoms with van der Waals surface area (Å²) in [7, 11) is 1.97. The van der Waals surface area contributed by atoms with Crippen LogP contribution in [0.1, 0.15) is 22.8 Å². The minimum atomic E-state index is -0.0953. The van der Waals surface area contributed by atoms with Crippen molar-refractivity contribution in [2.24, 2.45) is 7.05 Å². The number of hydrogen-bond donors (Lipinski definition) is 1. The lowest BCUT2D eigenvalue weighted by atomic mass is 10.1. The number of carbonyl (C=O) groups is 2. The predicted octanol–water partition coefficient (Wildman–Crippen LogP) is 3.56. The van der Waals surface area contributed by atoms with Crippen molar-refractivity contribution in [1.82, 2.24) is 4.57 Å². The third-order valence-corrected chi connectivity index (χ3v) is 3.88. The number of anilines is 1. The van der Waals surface area contributed by atoms with Crippen molar-refractivity contribution in [1.29, 1.82) is 0 Å². The Balaban J connectivity index is 1.79. The second-order valence-corrected chi connectivity index (χ2v) is 5.64. The van der Waals surface area contributed by atoms with Gasteiger partial charge in [0.25, 0.3) is 0 Å². The predicted molar refractivity (Wildman–Crippen MR) is 91.7 cm³/mol. The van der Waals surface area contributed by atoms with Crippen LogP contribution < -0.4 is 5.32 Å². The maximum Gasteiger partial charge on any atom is 0.228 e. The average Bonchev–Trinajstić information content (AvgIpc) is 2.84. The summed E-state index contributed by atoms with van der Waals surface area (Å²) in [5.41, 5.74) is 3.33. The van der Waals surface area contributed by atoms with E-state index < -0.39 is 0 Å². The van der Waals surface area contributed by atoms with Crippen LogP contribution in [0.2, 0.25) is 0 Å². The Labute approximate surface area is 134 Å². The fourth-order valence-corrected chi connectivity index (χ4v) is 2.76. The molecule has 1 aromatic heterocycles. The number of carbonyl (C=O) groups excluding carboxylic acids is 2. The van der Waals surface area contributed by atoms with Gasteiger partial charge in [-0.1, -0.05) is 30.3 Å². The van der Waals surface area contributed by atoms with Crippen molar-refractivity contribution in [2.75, 3.05) is 5.32 Å². The summed E-state index contributed by atoms with van der Waals surface area (Å²) in [5.74, 6) is -0.114. The number of aromatic nitrogens is 1. The monoisotopic (exact) mass is 306 g/mol. The number of fused-ring (bicyclic) bond motifs is 1. The van der Waals surface area contributed by atoms with Gasteiger partial charge in [-0.25, -0.2) is 0 Å². The molecular formula is C19H18N2O2. The second-order valence-electron chi connectivity index (χ2n) is 5.64. The van der Waals surface area contributed by atoms with E-state index in [2.05, 4.69) is 5.32 Å². The molecule has 0 atom stereocenters. The van der Waals surface area contributed by atoms with Crippen LogP contribution in [0.5, 0.6) is 0 Å². The minimum absolute atomic E-state index is 0.0184. The Morgan fingerprint density at radius 2 is 1.87 bits per heavy atom. The van der Waals surface area contributed by atoms with Gasteiger partial charge in [0, 0.05) is 35.4 Å². The van der Waals surface area contributed by atoms with Crippen LogP contribution in [-0.4, -0.2) is 16.3 Å². The molecule has 0 saturated heterocycles. The van der Waals surface area contributed by atoms with Gasteiger partial charge in [0.1, 0.15) is 0 Å². The van der Waals surface area contributed by atoms with E-state index >= 15 is 0 Å². The molecule has 3 rings (SSSR count). The quantitative estimate of drug-likeness (QED) is 0.749. The van der Waals surface area contributed by atoms with Crippen LogP contribution in [-0.2, 0) is 18.3 Å². The number of amides is 1. The molecule has 0 aliphatic heterocycles. The van der Waals surface area contributed by atoms with Crippen molar-refractivity contribution in [3.63, 3.8) is 0 Å². The van der Waals surface area contributed by atoms with Gasteiger partial charge in [-0.15, -0.1) is 0 Å². The molecule has 1 amide bonds. The van der Waals surface area contributed by atoms with Gasteiger partial charge in [-0.05, 0) is 30.7 Å². The molecule has 0 radical (unpaired) electrons. The van der Waals surface area contributed by atoms with Gasteiger partial charge in [0.15, 0.2) is 5.78 Å². The lowest BCUT2D eigenvalue weighted by Gasteiger charge is -2.06. The van der Waals surface area contributed by atoms with Gasteiger partial charge in [-0.2, -0.15) is 0 Å². The van der Waals surface area contributed by atoms with Gasteiger partial charge in [-0.3, -0.25) is 9.59 Å². The molecule has 0 saturated carbocycles. The molecule has 2 aromatic carbocycles. The number of benzene rings is 2. The number of ketones is 1. The molecular weight excluding hydrogens is 288 g/mol. The van der Waals surface area contributed by atoms with Crippen molar-refractivity contribution in [2.45, 2.75) is 13.3 Å². The number of nitrogens with zero attached hydrogens (tertiary/aromatic N) is 1. The number of nitrogens with one attached hydrogen (secondary N) is 1. The first-order valence-corrected chi connectivity index (χ1v) is 7.48. The molecule has 3 aromatic rings. The zero-order chi connectivity index (χ0) is 16.4. The van der Waals surface area contributed by atoms with Gasteiger partial charge < -0.3 is 9.88 Å². The smallest absolute Gasteiger partial charge is 0.228 e. The van der Waals surface area contributed by atoms with Crippen LogP contribution in [0.4, 0.5) is 5.69 Å². The van der Waals surface area contributed by atoms with Crippen molar-refractivity contribution < 1.29 is 9.59 Å².